The third-order valence-electron chi connectivity index (χ3n) is 3.84. The maximum absolute atomic E-state index is 11.8. The first-order chi connectivity index (χ1) is 9.71. The second kappa shape index (κ2) is 9.56. The Morgan fingerprint density at radius 1 is 1.41 bits per heavy atom. The lowest BCUT2D eigenvalue weighted by Crippen LogP contribution is -2.48. The van der Waals surface area contributed by atoms with Gasteiger partial charge in [0.2, 0.25) is 0 Å². The smallest absolute Gasteiger partial charge is 0.194 e. The van der Waals surface area contributed by atoms with Crippen molar-refractivity contribution in [2.75, 3.05) is 38.2 Å². The lowest BCUT2D eigenvalue weighted by atomic mass is 10.2. The van der Waals surface area contributed by atoms with Crippen molar-refractivity contribution in [3.63, 3.8) is 0 Å². The predicted octanol–water partition coefficient (Wildman–Crippen LogP) is 2.22. The van der Waals surface area contributed by atoms with Gasteiger partial charge in [-0.1, -0.05) is 6.92 Å². The van der Waals surface area contributed by atoms with Gasteiger partial charge in [-0.25, -0.2) is 8.42 Å². The van der Waals surface area contributed by atoms with Crippen LogP contribution in [0.2, 0.25) is 0 Å². The van der Waals surface area contributed by atoms with Crippen LogP contribution in [0.25, 0.3) is 0 Å². The Morgan fingerprint density at radius 2 is 2.05 bits per heavy atom. The third-order valence-corrected chi connectivity index (χ3v) is 7.35. The van der Waals surface area contributed by atoms with Crippen molar-refractivity contribution in [3.8, 4) is 0 Å². The average molecular weight is 463 g/mol. The number of nitrogens with one attached hydrogen (secondary N) is 1. The maximum Gasteiger partial charge on any atom is 0.194 e. The van der Waals surface area contributed by atoms with Gasteiger partial charge in [0, 0.05) is 36.9 Å². The van der Waals surface area contributed by atoms with E-state index in [1.165, 1.54) is 6.26 Å². The van der Waals surface area contributed by atoms with Crippen LogP contribution in [0.3, 0.4) is 0 Å². The van der Waals surface area contributed by atoms with Crippen LogP contribution in [0.1, 0.15) is 34.1 Å². The molecule has 0 saturated carbocycles. The molecule has 0 radical (unpaired) electrons. The molecule has 1 aliphatic heterocycles. The molecular formula is C14H30IN3O2S2. The molecular weight excluding hydrogens is 433 g/mol. The van der Waals surface area contributed by atoms with Gasteiger partial charge >= 0.3 is 0 Å². The van der Waals surface area contributed by atoms with Crippen LogP contribution >= 0.6 is 35.7 Å². The first kappa shape index (κ1) is 22.3. The number of aliphatic imine (C=N–C) groups is 1. The van der Waals surface area contributed by atoms with Crippen LogP contribution in [0.4, 0.5) is 0 Å². The summed E-state index contributed by atoms with van der Waals surface area (Å²) >= 11 is 2.01. The summed E-state index contributed by atoms with van der Waals surface area (Å²) in [6.07, 6.45) is 2.43. The van der Waals surface area contributed by atoms with E-state index in [1.807, 2.05) is 18.7 Å². The molecule has 0 aromatic heterocycles. The molecule has 1 N–H and O–H groups in total. The lowest BCUT2D eigenvalue weighted by Gasteiger charge is -2.34. The average Bonchev–Trinajstić information content (AvgIpc) is 2.42. The molecule has 1 saturated heterocycles. The van der Waals surface area contributed by atoms with Gasteiger partial charge in [0.1, 0.15) is 0 Å². The van der Waals surface area contributed by atoms with E-state index in [1.54, 1.807) is 13.8 Å². The van der Waals surface area contributed by atoms with Gasteiger partial charge in [-0.05, 0) is 27.2 Å². The summed E-state index contributed by atoms with van der Waals surface area (Å²) in [5.74, 6) is 1.94. The van der Waals surface area contributed by atoms with Gasteiger partial charge in [-0.15, -0.1) is 24.0 Å². The summed E-state index contributed by atoms with van der Waals surface area (Å²) in [5, 5.41) is 3.92. The van der Waals surface area contributed by atoms with E-state index in [0.29, 0.717) is 5.25 Å². The molecule has 1 atom stereocenters. The summed E-state index contributed by atoms with van der Waals surface area (Å²) in [6.45, 7) is 10.7. The Kier molecular flexibility index (Phi) is 9.69. The summed E-state index contributed by atoms with van der Waals surface area (Å²) < 4.78 is 22.8. The number of sulfone groups is 1. The van der Waals surface area contributed by atoms with Crippen LogP contribution in [-0.4, -0.2) is 67.5 Å². The van der Waals surface area contributed by atoms with Gasteiger partial charge < -0.3 is 10.2 Å². The van der Waals surface area contributed by atoms with E-state index in [0.717, 1.165) is 37.8 Å². The maximum atomic E-state index is 11.8. The van der Waals surface area contributed by atoms with Gasteiger partial charge in [-0.3, -0.25) is 4.99 Å². The molecule has 0 aliphatic carbocycles. The molecule has 1 fully saturated rings. The second-order valence-corrected chi connectivity index (χ2v) is 10.1. The number of halogens is 1. The van der Waals surface area contributed by atoms with Crippen molar-refractivity contribution in [3.05, 3.63) is 0 Å². The Bertz CT molecular complexity index is 467. The standard InChI is InChI=1S/C14H29N3O2S2.HI/c1-6-12-10-17(8-9-20-12)13(15-7-2)16-11-14(3,4)21(5,18)19;/h12H,6-11H2,1-5H3,(H,15,16);1H. The van der Waals surface area contributed by atoms with Crippen molar-refractivity contribution in [1.29, 1.82) is 0 Å². The van der Waals surface area contributed by atoms with E-state index in [4.69, 9.17) is 0 Å². The van der Waals surface area contributed by atoms with Crippen LogP contribution in [0, 0.1) is 0 Å². The van der Waals surface area contributed by atoms with Crippen molar-refractivity contribution in [2.24, 2.45) is 4.99 Å². The van der Waals surface area contributed by atoms with Crippen molar-refractivity contribution in [1.82, 2.24) is 10.2 Å². The first-order valence-electron chi connectivity index (χ1n) is 7.55. The molecule has 1 aliphatic rings. The number of guanidine groups is 1. The van der Waals surface area contributed by atoms with E-state index in [2.05, 4.69) is 22.1 Å². The highest BCUT2D eigenvalue weighted by Gasteiger charge is 2.30. The van der Waals surface area contributed by atoms with Crippen LogP contribution in [0.5, 0.6) is 0 Å². The van der Waals surface area contributed by atoms with Crippen LogP contribution in [0.15, 0.2) is 4.99 Å². The van der Waals surface area contributed by atoms with Crippen LogP contribution < -0.4 is 5.32 Å². The molecule has 0 bridgehead atoms. The van der Waals surface area contributed by atoms with Gasteiger partial charge in [0.15, 0.2) is 15.8 Å². The topological polar surface area (TPSA) is 61.8 Å². The summed E-state index contributed by atoms with van der Waals surface area (Å²) in [4.78, 5) is 6.84. The van der Waals surface area contributed by atoms with E-state index in [-0.39, 0.29) is 30.5 Å². The Labute approximate surface area is 157 Å². The fraction of sp³-hybridized carbons (Fsp3) is 0.929. The zero-order chi connectivity index (χ0) is 16.1. The SMILES string of the molecule is CCNC(=NCC(C)(C)S(C)(=O)=O)N1CCSC(CC)C1.I. The number of hydrogen-bond acceptors (Lipinski definition) is 4. The zero-order valence-electron chi connectivity index (χ0n) is 14.3. The molecule has 8 heteroatoms. The highest BCUT2D eigenvalue weighted by Crippen LogP contribution is 2.21. The van der Waals surface area contributed by atoms with E-state index >= 15 is 0 Å². The van der Waals surface area contributed by atoms with Gasteiger partial charge in [0.05, 0.1) is 11.3 Å². The monoisotopic (exact) mass is 463 g/mol. The molecule has 0 aromatic carbocycles. The molecule has 0 aromatic rings. The molecule has 0 amide bonds. The normalized spacial score (nSPS) is 20.5. The summed E-state index contributed by atoms with van der Waals surface area (Å²) in [6, 6.07) is 0. The number of nitrogens with zero attached hydrogens (tertiary/aromatic N) is 2. The van der Waals surface area contributed by atoms with Gasteiger partial charge in [-0.2, -0.15) is 11.8 Å². The quantitative estimate of drug-likeness (QED) is 0.385. The minimum Gasteiger partial charge on any atom is -0.357 e. The first-order valence-corrected chi connectivity index (χ1v) is 10.5. The van der Waals surface area contributed by atoms with E-state index in [9.17, 15) is 8.42 Å². The Hall–Kier alpha value is 0.300. The van der Waals surface area contributed by atoms with Crippen molar-refractivity contribution < 1.29 is 8.42 Å². The fourth-order valence-electron chi connectivity index (χ4n) is 1.97. The summed E-state index contributed by atoms with van der Waals surface area (Å²) in [5.41, 5.74) is 0. The van der Waals surface area contributed by atoms with E-state index < -0.39 is 14.6 Å². The minimum atomic E-state index is -3.12. The fourth-order valence-corrected chi connectivity index (χ4v) is 3.45. The molecule has 132 valence electrons. The minimum absolute atomic E-state index is 0. The van der Waals surface area contributed by atoms with Gasteiger partial charge in [0.25, 0.3) is 0 Å². The second-order valence-electron chi connectivity index (χ2n) is 6.05. The molecule has 1 unspecified atom stereocenters. The predicted molar refractivity (Wildman–Crippen MR) is 108 cm³/mol. The van der Waals surface area contributed by atoms with Crippen molar-refractivity contribution in [2.45, 2.75) is 44.1 Å². The molecule has 1 rings (SSSR count). The molecule has 5 nitrogen and oxygen atoms in total. The van der Waals surface area contributed by atoms with Crippen LogP contribution in [-0.2, 0) is 9.84 Å². The lowest BCUT2D eigenvalue weighted by molar-refractivity contribution is 0.407. The number of hydrogen-bond donors (Lipinski definition) is 1. The number of thioether (sulfide) groups is 1. The van der Waals surface area contributed by atoms with Crippen molar-refractivity contribution >= 4 is 51.5 Å². The summed E-state index contributed by atoms with van der Waals surface area (Å²) in [7, 11) is -3.12. The highest BCUT2D eigenvalue weighted by atomic mass is 127. The highest BCUT2D eigenvalue weighted by molar-refractivity contribution is 14.0. The largest absolute Gasteiger partial charge is 0.357 e. The Balaban J connectivity index is 0.00000441. The molecule has 22 heavy (non-hydrogen) atoms. The third kappa shape index (κ3) is 6.43. The molecule has 1 heterocycles. The Morgan fingerprint density at radius 3 is 2.55 bits per heavy atom. The number of rotatable bonds is 5. The zero-order valence-corrected chi connectivity index (χ0v) is 18.2. The molecule has 0 spiro atoms.